The summed E-state index contributed by atoms with van der Waals surface area (Å²) in [5.41, 5.74) is 0.893. The Labute approximate surface area is 154 Å². The van der Waals surface area contributed by atoms with Crippen molar-refractivity contribution in [3.63, 3.8) is 0 Å². The molecule has 0 aliphatic carbocycles. The molecule has 6 nitrogen and oxygen atoms in total. The Morgan fingerprint density at radius 1 is 1.23 bits per heavy atom. The zero-order valence-corrected chi connectivity index (χ0v) is 16.1. The molecule has 0 saturated carbocycles. The Balaban J connectivity index is 1.96. The molecule has 1 heterocycles. The number of amides is 1. The maximum absolute atomic E-state index is 12.3. The van der Waals surface area contributed by atoms with Crippen LogP contribution in [-0.2, 0) is 13.0 Å². The van der Waals surface area contributed by atoms with Gasteiger partial charge in [-0.25, -0.2) is 4.98 Å². The fourth-order valence-electron chi connectivity index (χ4n) is 2.60. The first kappa shape index (κ1) is 19.7. The van der Waals surface area contributed by atoms with Gasteiger partial charge in [0, 0.05) is 36.8 Å². The molecule has 1 N–H and O–H groups in total. The molecule has 0 unspecified atom stereocenters. The van der Waals surface area contributed by atoms with Crippen LogP contribution in [0.1, 0.15) is 49.6 Å². The van der Waals surface area contributed by atoms with Crippen molar-refractivity contribution in [3.05, 3.63) is 57.8 Å². The van der Waals surface area contributed by atoms with Gasteiger partial charge in [-0.2, -0.15) is 0 Å². The second kappa shape index (κ2) is 8.17. The number of carbonyl (C=O) groups is 1. The highest BCUT2D eigenvalue weighted by Crippen LogP contribution is 2.18. The molecule has 26 heavy (non-hydrogen) atoms. The number of carbonyl (C=O) groups excluding carboxylic acids is 1. The normalized spacial score (nSPS) is 11.3. The van der Waals surface area contributed by atoms with Gasteiger partial charge in [-0.05, 0) is 52.0 Å². The van der Waals surface area contributed by atoms with Gasteiger partial charge >= 0.3 is 0 Å². The van der Waals surface area contributed by atoms with Crippen molar-refractivity contribution < 1.29 is 9.53 Å². The predicted octanol–water partition coefficient (Wildman–Crippen LogP) is 2.72. The molecule has 2 rings (SSSR count). The zero-order chi connectivity index (χ0) is 19.3. The average Bonchev–Trinajstić information content (AvgIpc) is 2.55. The Hall–Kier alpha value is -2.63. The molecule has 2 aromatic rings. The van der Waals surface area contributed by atoms with Gasteiger partial charge < -0.3 is 10.1 Å². The molecule has 0 spiro atoms. The SMILES string of the molecule is CCc1nc(C)cc(=O)n1CCNC(=O)c1ccc(OC(C)(C)C)cc1. The average molecular weight is 357 g/mol. The van der Waals surface area contributed by atoms with Gasteiger partial charge in [0.2, 0.25) is 0 Å². The van der Waals surface area contributed by atoms with Crippen LogP contribution in [0.15, 0.2) is 35.1 Å². The number of nitrogens with zero attached hydrogens (tertiary/aromatic N) is 2. The molecule has 1 aromatic heterocycles. The lowest BCUT2D eigenvalue weighted by atomic mass is 10.1. The number of hydrogen-bond acceptors (Lipinski definition) is 4. The molecule has 0 aliphatic heterocycles. The van der Waals surface area contributed by atoms with Gasteiger partial charge in [0.25, 0.3) is 11.5 Å². The van der Waals surface area contributed by atoms with E-state index in [9.17, 15) is 9.59 Å². The first-order valence-electron chi connectivity index (χ1n) is 8.84. The van der Waals surface area contributed by atoms with E-state index in [4.69, 9.17) is 4.74 Å². The lowest BCUT2D eigenvalue weighted by Crippen LogP contribution is -2.32. The summed E-state index contributed by atoms with van der Waals surface area (Å²) in [5, 5.41) is 2.84. The summed E-state index contributed by atoms with van der Waals surface area (Å²) in [6, 6.07) is 8.53. The Bertz CT molecular complexity index is 818. The summed E-state index contributed by atoms with van der Waals surface area (Å²) in [6.07, 6.45) is 0.667. The molecule has 0 saturated heterocycles. The van der Waals surface area contributed by atoms with Crippen LogP contribution >= 0.6 is 0 Å². The minimum absolute atomic E-state index is 0.0905. The smallest absolute Gasteiger partial charge is 0.253 e. The van der Waals surface area contributed by atoms with Crippen molar-refractivity contribution in [1.82, 2.24) is 14.9 Å². The number of hydrogen-bond donors (Lipinski definition) is 1. The third-order valence-electron chi connectivity index (χ3n) is 3.69. The zero-order valence-electron chi connectivity index (χ0n) is 16.1. The van der Waals surface area contributed by atoms with Gasteiger partial charge in [-0.15, -0.1) is 0 Å². The van der Waals surface area contributed by atoms with E-state index >= 15 is 0 Å². The number of aryl methyl sites for hydroxylation is 2. The van der Waals surface area contributed by atoms with E-state index in [2.05, 4.69) is 10.3 Å². The van der Waals surface area contributed by atoms with Gasteiger partial charge in [-0.1, -0.05) is 6.92 Å². The number of benzene rings is 1. The topological polar surface area (TPSA) is 73.2 Å². The van der Waals surface area contributed by atoms with Crippen molar-refractivity contribution in [2.75, 3.05) is 6.54 Å². The van der Waals surface area contributed by atoms with E-state index in [1.165, 1.54) is 6.07 Å². The highest BCUT2D eigenvalue weighted by molar-refractivity contribution is 5.94. The second-order valence-corrected chi connectivity index (χ2v) is 7.15. The number of aromatic nitrogens is 2. The summed E-state index contributed by atoms with van der Waals surface area (Å²) in [5.74, 6) is 1.27. The predicted molar refractivity (Wildman–Crippen MR) is 102 cm³/mol. The van der Waals surface area contributed by atoms with Crippen molar-refractivity contribution in [2.24, 2.45) is 0 Å². The quantitative estimate of drug-likeness (QED) is 0.863. The molecule has 1 amide bonds. The van der Waals surface area contributed by atoms with Crippen LogP contribution in [0.5, 0.6) is 5.75 Å². The highest BCUT2D eigenvalue weighted by atomic mass is 16.5. The lowest BCUT2D eigenvalue weighted by molar-refractivity contribution is 0.0952. The fraction of sp³-hybridized carbons (Fsp3) is 0.450. The second-order valence-electron chi connectivity index (χ2n) is 7.15. The first-order valence-corrected chi connectivity index (χ1v) is 8.84. The fourth-order valence-corrected chi connectivity index (χ4v) is 2.60. The van der Waals surface area contributed by atoms with Crippen LogP contribution in [0.3, 0.4) is 0 Å². The van der Waals surface area contributed by atoms with Crippen LogP contribution in [-0.4, -0.2) is 27.6 Å². The van der Waals surface area contributed by atoms with Gasteiger partial charge in [0.15, 0.2) is 0 Å². The van der Waals surface area contributed by atoms with E-state index in [1.807, 2.05) is 27.7 Å². The van der Waals surface area contributed by atoms with Crippen LogP contribution in [0.2, 0.25) is 0 Å². The molecule has 0 bridgehead atoms. The molecule has 0 radical (unpaired) electrons. The van der Waals surface area contributed by atoms with Crippen LogP contribution < -0.4 is 15.6 Å². The van der Waals surface area contributed by atoms with Crippen LogP contribution in [0.25, 0.3) is 0 Å². The minimum Gasteiger partial charge on any atom is -0.488 e. The van der Waals surface area contributed by atoms with Crippen molar-refractivity contribution in [3.8, 4) is 5.75 Å². The summed E-state index contributed by atoms with van der Waals surface area (Å²) in [7, 11) is 0. The van der Waals surface area contributed by atoms with Crippen LogP contribution in [0.4, 0.5) is 0 Å². The summed E-state index contributed by atoms with van der Waals surface area (Å²) < 4.78 is 7.35. The van der Waals surface area contributed by atoms with Crippen molar-refractivity contribution >= 4 is 5.91 Å². The van der Waals surface area contributed by atoms with Crippen LogP contribution in [0, 0.1) is 6.92 Å². The molecular formula is C20H27N3O3. The summed E-state index contributed by atoms with van der Waals surface area (Å²) >= 11 is 0. The van der Waals surface area contributed by atoms with Gasteiger partial charge in [0.1, 0.15) is 17.2 Å². The molecule has 1 aromatic carbocycles. The number of ether oxygens (including phenoxy) is 1. The first-order chi connectivity index (χ1) is 12.2. The summed E-state index contributed by atoms with van der Waals surface area (Å²) in [6.45, 7) is 10.4. The van der Waals surface area contributed by atoms with E-state index in [-0.39, 0.29) is 17.1 Å². The van der Waals surface area contributed by atoms with Gasteiger partial charge in [-0.3, -0.25) is 14.2 Å². The standard InChI is InChI=1S/C20H27N3O3/c1-6-17-22-14(2)13-18(24)23(17)12-11-21-19(25)15-7-9-16(10-8-15)26-20(3,4)5/h7-10,13H,6,11-12H2,1-5H3,(H,21,25). The number of rotatable bonds is 6. The third-order valence-corrected chi connectivity index (χ3v) is 3.69. The highest BCUT2D eigenvalue weighted by Gasteiger charge is 2.12. The maximum atomic E-state index is 12.3. The largest absolute Gasteiger partial charge is 0.488 e. The molecule has 6 heteroatoms. The molecule has 140 valence electrons. The van der Waals surface area contributed by atoms with Gasteiger partial charge in [0.05, 0.1) is 0 Å². The molecular weight excluding hydrogens is 330 g/mol. The Kier molecular flexibility index (Phi) is 6.18. The minimum atomic E-state index is -0.282. The third kappa shape index (κ3) is 5.44. The lowest BCUT2D eigenvalue weighted by Gasteiger charge is -2.21. The van der Waals surface area contributed by atoms with E-state index in [0.29, 0.717) is 30.8 Å². The van der Waals surface area contributed by atoms with E-state index in [1.54, 1.807) is 35.8 Å². The molecule has 0 fully saturated rings. The number of nitrogens with one attached hydrogen (secondary N) is 1. The molecule has 0 atom stereocenters. The Morgan fingerprint density at radius 3 is 2.46 bits per heavy atom. The maximum Gasteiger partial charge on any atom is 0.253 e. The van der Waals surface area contributed by atoms with Crippen molar-refractivity contribution in [2.45, 2.75) is 53.2 Å². The Morgan fingerprint density at radius 2 is 1.88 bits per heavy atom. The van der Waals surface area contributed by atoms with E-state index < -0.39 is 0 Å². The molecule has 0 aliphatic rings. The summed E-state index contributed by atoms with van der Waals surface area (Å²) in [4.78, 5) is 28.8. The van der Waals surface area contributed by atoms with E-state index in [0.717, 1.165) is 11.6 Å². The monoisotopic (exact) mass is 357 g/mol. The van der Waals surface area contributed by atoms with Crippen molar-refractivity contribution in [1.29, 1.82) is 0 Å².